The van der Waals surface area contributed by atoms with Crippen LogP contribution >= 0.6 is 11.6 Å². The van der Waals surface area contributed by atoms with E-state index >= 15 is 0 Å². The summed E-state index contributed by atoms with van der Waals surface area (Å²) in [6.07, 6.45) is 1.03. The van der Waals surface area contributed by atoms with Crippen molar-refractivity contribution in [2.75, 3.05) is 0 Å². The van der Waals surface area contributed by atoms with Crippen molar-refractivity contribution >= 4 is 17.4 Å². The molecule has 0 spiro atoms. The standard InChI is InChI=1S/C23H21ClN2O3/c1-15-6-11-22(20(24)13-15)29-18-9-7-17(8-10-18)28-16(2)23(27)19(14-25)21-5-4-12-26(21)3/h4-13,16,19H,1-3H3. The van der Waals surface area contributed by atoms with Gasteiger partial charge in [-0.2, -0.15) is 5.26 Å². The summed E-state index contributed by atoms with van der Waals surface area (Å²) in [7, 11) is 1.80. The van der Waals surface area contributed by atoms with Gasteiger partial charge in [-0.15, -0.1) is 0 Å². The first-order valence-corrected chi connectivity index (χ1v) is 9.52. The molecule has 0 bridgehead atoms. The molecule has 0 radical (unpaired) electrons. The fraction of sp³-hybridized carbons (Fsp3) is 0.217. The molecule has 0 aliphatic rings. The van der Waals surface area contributed by atoms with E-state index in [-0.39, 0.29) is 5.78 Å². The number of aromatic nitrogens is 1. The number of ether oxygens (including phenoxy) is 2. The van der Waals surface area contributed by atoms with Crippen molar-refractivity contribution in [3.63, 3.8) is 0 Å². The number of hydrogen-bond acceptors (Lipinski definition) is 4. The maximum atomic E-state index is 12.7. The van der Waals surface area contributed by atoms with E-state index in [0.29, 0.717) is 28.0 Å². The zero-order valence-electron chi connectivity index (χ0n) is 16.4. The number of carbonyl (C=O) groups excluding carboxylic acids is 1. The molecule has 148 valence electrons. The van der Waals surface area contributed by atoms with Gasteiger partial charge < -0.3 is 14.0 Å². The van der Waals surface area contributed by atoms with Gasteiger partial charge in [-0.05, 0) is 67.9 Å². The lowest BCUT2D eigenvalue weighted by atomic mass is 9.98. The van der Waals surface area contributed by atoms with Crippen molar-refractivity contribution in [1.29, 1.82) is 5.26 Å². The minimum atomic E-state index is -0.878. The molecular weight excluding hydrogens is 388 g/mol. The summed E-state index contributed by atoms with van der Waals surface area (Å²) < 4.78 is 13.3. The van der Waals surface area contributed by atoms with Crippen LogP contribution in [0.3, 0.4) is 0 Å². The van der Waals surface area contributed by atoms with Crippen LogP contribution in [0.5, 0.6) is 17.2 Å². The number of Topliss-reactive ketones (excluding diaryl/α,β-unsaturated/α-hetero) is 1. The molecule has 29 heavy (non-hydrogen) atoms. The predicted octanol–water partition coefficient (Wildman–Crippen LogP) is 5.42. The van der Waals surface area contributed by atoms with Gasteiger partial charge in [0, 0.05) is 18.9 Å². The maximum absolute atomic E-state index is 12.7. The lowest BCUT2D eigenvalue weighted by Crippen LogP contribution is -2.29. The molecule has 2 aromatic carbocycles. The predicted molar refractivity (Wildman–Crippen MR) is 112 cm³/mol. The van der Waals surface area contributed by atoms with Crippen LogP contribution in [0.1, 0.15) is 24.1 Å². The molecule has 3 rings (SSSR count). The van der Waals surface area contributed by atoms with E-state index in [0.717, 1.165) is 5.56 Å². The number of benzene rings is 2. The minimum absolute atomic E-state index is 0.291. The molecule has 0 saturated carbocycles. The Labute approximate surface area is 175 Å². The topological polar surface area (TPSA) is 64.2 Å². The Morgan fingerprint density at radius 1 is 1.14 bits per heavy atom. The molecule has 5 nitrogen and oxygen atoms in total. The third-order valence-corrected chi connectivity index (χ3v) is 4.84. The molecule has 2 unspecified atom stereocenters. The molecule has 1 aromatic heterocycles. The van der Waals surface area contributed by atoms with Crippen LogP contribution in [0.2, 0.25) is 5.02 Å². The minimum Gasteiger partial charge on any atom is -0.483 e. The number of halogens is 1. The van der Waals surface area contributed by atoms with Crippen LogP contribution in [-0.2, 0) is 11.8 Å². The molecule has 0 amide bonds. The molecule has 0 fully saturated rings. The fourth-order valence-corrected chi connectivity index (χ4v) is 3.22. The van der Waals surface area contributed by atoms with Gasteiger partial charge in [-0.25, -0.2) is 0 Å². The largest absolute Gasteiger partial charge is 0.483 e. The molecule has 3 aromatic rings. The van der Waals surface area contributed by atoms with Crippen LogP contribution in [0.25, 0.3) is 0 Å². The Hall–Kier alpha value is -3.23. The maximum Gasteiger partial charge on any atom is 0.196 e. The smallest absolute Gasteiger partial charge is 0.196 e. The highest BCUT2D eigenvalue weighted by Gasteiger charge is 2.28. The highest BCUT2D eigenvalue weighted by Crippen LogP contribution is 2.31. The average Bonchev–Trinajstić information content (AvgIpc) is 3.11. The molecule has 2 atom stereocenters. The molecule has 1 heterocycles. The van der Waals surface area contributed by atoms with Crippen LogP contribution in [-0.4, -0.2) is 16.5 Å². The first kappa shape index (κ1) is 20.5. The molecule has 0 N–H and O–H groups in total. The van der Waals surface area contributed by atoms with Crippen molar-refractivity contribution in [3.05, 3.63) is 77.1 Å². The summed E-state index contributed by atoms with van der Waals surface area (Å²) in [5.74, 6) is 0.504. The number of ketones is 1. The van der Waals surface area contributed by atoms with Crippen molar-refractivity contribution in [2.45, 2.75) is 25.9 Å². The van der Waals surface area contributed by atoms with Gasteiger partial charge in [0.1, 0.15) is 23.2 Å². The van der Waals surface area contributed by atoms with Gasteiger partial charge in [0.05, 0.1) is 11.1 Å². The van der Waals surface area contributed by atoms with E-state index in [1.54, 1.807) is 61.1 Å². The van der Waals surface area contributed by atoms with E-state index in [1.165, 1.54) is 0 Å². The first-order chi connectivity index (χ1) is 13.9. The molecule has 0 saturated heterocycles. The number of aryl methyl sites for hydroxylation is 2. The lowest BCUT2D eigenvalue weighted by molar-refractivity contribution is -0.125. The second-order valence-electron chi connectivity index (χ2n) is 6.78. The quantitative estimate of drug-likeness (QED) is 0.523. The molecular formula is C23H21ClN2O3. The van der Waals surface area contributed by atoms with E-state index in [2.05, 4.69) is 6.07 Å². The Morgan fingerprint density at radius 3 is 2.41 bits per heavy atom. The summed E-state index contributed by atoms with van der Waals surface area (Å²) in [6.45, 7) is 3.60. The van der Waals surface area contributed by atoms with Crippen LogP contribution in [0.4, 0.5) is 0 Å². The normalized spacial score (nSPS) is 12.7. The van der Waals surface area contributed by atoms with E-state index in [9.17, 15) is 10.1 Å². The highest BCUT2D eigenvalue weighted by molar-refractivity contribution is 6.32. The van der Waals surface area contributed by atoms with Gasteiger partial charge in [0.2, 0.25) is 0 Å². The second-order valence-corrected chi connectivity index (χ2v) is 7.18. The Morgan fingerprint density at radius 2 is 1.83 bits per heavy atom. The van der Waals surface area contributed by atoms with Crippen LogP contribution < -0.4 is 9.47 Å². The van der Waals surface area contributed by atoms with Gasteiger partial charge in [-0.1, -0.05) is 17.7 Å². The Kier molecular flexibility index (Phi) is 6.26. The summed E-state index contributed by atoms with van der Waals surface area (Å²) >= 11 is 6.20. The third-order valence-electron chi connectivity index (χ3n) is 4.55. The van der Waals surface area contributed by atoms with E-state index < -0.39 is 12.0 Å². The molecule has 0 aliphatic carbocycles. The van der Waals surface area contributed by atoms with Crippen LogP contribution in [0, 0.1) is 18.3 Å². The van der Waals surface area contributed by atoms with Crippen molar-refractivity contribution in [2.24, 2.45) is 7.05 Å². The number of nitrogens with zero attached hydrogens (tertiary/aromatic N) is 2. The second kappa shape index (κ2) is 8.85. The molecule has 0 aliphatic heterocycles. The van der Waals surface area contributed by atoms with E-state index in [4.69, 9.17) is 21.1 Å². The number of hydrogen-bond donors (Lipinski definition) is 0. The SMILES string of the molecule is Cc1ccc(Oc2ccc(OC(C)C(=O)C(C#N)c3cccn3C)cc2)c(Cl)c1. The molecule has 6 heteroatoms. The summed E-state index contributed by atoms with van der Waals surface area (Å²) in [5, 5.41) is 9.99. The van der Waals surface area contributed by atoms with Crippen LogP contribution in [0.15, 0.2) is 60.8 Å². The van der Waals surface area contributed by atoms with Gasteiger partial charge in [-0.3, -0.25) is 4.79 Å². The number of carbonyl (C=O) groups is 1. The van der Waals surface area contributed by atoms with Crippen molar-refractivity contribution in [1.82, 2.24) is 4.57 Å². The third kappa shape index (κ3) is 4.79. The summed E-state index contributed by atoms with van der Waals surface area (Å²) in [5.41, 5.74) is 1.70. The van der Waals surface area contributed by atoms with Crippen molar-refractivity contribution < 1.29 is 14.3 Å². The van der Waals surface area contributed by atoms with Gasteiger partial charge in [0.25, 0.3) is 0 Å². The van der Waals surface area contributed by atoms with E-state index in [1.807, 2.05) is 25.1 Å². The van der Waals surface area contributed by atoms with Gasteiger partial charge >= 0.3 is 0 Å². The van der Waals surface area contributed by atoms with Gasteiger partial charge in [0.15, 0.2) is 11.9 Å². The summed E-state index contributed by atoms with van der Waals surface area (Å²) in [4.78, 5) is 12.7. The fourth-order valence-electron chi connectivity index (χ4n) is 2.95. The number of nitriles is 1. The first-order valence-electron chi connectivity index (χ1n) is 9.14. The summed E-state index contributed by atoms with van der Waals surface area (Å²) in [6, 6.07) is 18.1. The average molecular weight is 409 g/mol. The zero-order chi connectivity index (χ0) is 21.0. The number of rotatable bonds is 7. The lowest BCUT2D eigenvalue weighted by Gasteiger charge is -2.17. The Bertz CT molecular complexity index is 1050. The Balaban J connectivity index is 1.66. The monoisotopic (exact) mass is 408 g/mol. The zero-order valence-corrected chi connectivity index (χ0v) is 17.2. The highest BCUT2D eigenvalue weighted by atomic mass is 35.5. The van der Waals surface area contributed by atoms with Crippen molar-refractivity contribution in [3.8, 4) is 23.3 Å².